The number of carbonyl (C=O) groups excluding carboxylic acids is 2. The van der Waals surface area contributed by atoms with Gasteiger partial charge in [0.25, 0.3) is 0 Å². The van der Waals surface area contributed by atoms with Crippen molar-refractivity contribution in [3.63, 3.8) is 0 Å². The van der Waals surface area contributed by atoms with Crippen LogP contribution in [0.25, 0.3) is 10.2 Å². The number of nitrogens with two attached hydrogens (primary N) is 1. The summed E-state index contributed by atoms with van der Waals surface area (Å²) in [5.41, 5.74) is 6.56. The summed E-state index contributed by atoms with van der Waals surface area (Å²) in [4.78, 5) is 27.6. The van der Waals surface area contributed by atoms with Gasteiger partial charge in [0.1, 0.15) is 5.75 Å². The van der Waals surface area contributed by atoms with E-state index in [9.17, 15) is 9.59 Å². The number of para-hydroxylation sites is 1. The summed E-state index contributed by atoms with van der Waals surface area (Å²) >= 11 is 1.69. The Kier molecular flexibility index (Phi) is 5.40. The Labute approximate surface area is 149 Å². The average molecular weight is 354 g/mol. The SMILES string of the molecule is NC(=O)c1cccc(OC(=O)CCCCc2nc3ccccc3s2)c1. The lowest BCUT2D eigenvalue weighted by Crippen LogP contribution is -2.12. The lowest BCUT2D eigenvalue weighted by molar-refractivity contribution is -0.134. The molecule has 3 aromatic rings. The number of esters is 1. The zero-order chi connectivity index (χ0) is 17.6. The molecule has 3 rings (SSSR count). The summed E-state index contributed by atoms with van der Waals surface area (Å²) in [6.07, 6.45) is 2.77. The van der Waals surface area contributed by atoms with E-state index in [1.54, 1.807) is 29.5 Å². The minimum absolute atomic E-state index is 0.314. The van der Waals surface area contributed by atoms with Gasteiger partial charge in [-0.05, 0) is 49.6 Å². The van der Waals surface area contributed by atoms with Crippen molar-refractivity contribution < 1.29 is 14.3 Å². The highest BCUT2D eigenvalue weighted by Crippen LogP contribution is 2.23. The number of primary amides is 1. The van der Waals surface area contributed by atoms with Crippen LogP contribution in [0.3, 0.4) is 0 Å². The predicted molar refractivity (Wildman–Crippen MR) is 97.8 cm³/mol. The van der Waals surface area contributed by atoms with E-state index in [1.807, 2.05) is 18.2 Å². The first kappa shape index (κ1) is 17.1. The number of thiazole rings is 1. The Bertz CT molecular complexity index is 871. The van der Waals surface area contributed by atoms with Gasteiger partial charge in [0, 0.05) is 12.0 Å². The highest BCUT2D eigenvalue weighted by molar-refractivity contribution is 7.18. The van der Waals surface area contributed by atoms with Crippen LogP contribution in [0.15, 0.2) is 48.5 Å². The number of aryl methyl sites for hydroxylation is 1. The molecule has 25 heavy (non-hydrogen) atoms. The smallest absolute Gasteiger partial charge is 0.311 e. The van der Waals surface area contributed by atoms with Crippen LogP contribution in [0, 0.1) is 0 Å². The highest BCUT2D eigenvalue weighted by atomic mass is 32.1. The number of hydrogen-bond donors (Lipinski definition) is 1. The number of hydrogen-bond acceptors (Lipinski definition) is 5. The largest absolute Gasteiger partial charge is 0.427 e. The van der Waals surface area contributed by atoms with Gasteiger partial charge < -0.3 is 10.5 Å². The van der Waals surface area contributed by atoms with Gasteiger partial charge >= 0.3 is 5.97 Å². The summed E-state index contributed by atoms with van der Waals surface area (Å²) in [7, 11) is 0. The first-order valence-electron chi connectivity index (χ1n) is 8.07. The fourth-order valence-corrected chi connectivity index (χ4v) is 3.48. The molecule has 1 heterocycles. The number of aromatic nitrogens is 1. The van der Waals surface area contributed by atoms with E-state index < -0.39 is 5.91 Å². The molecule has 0 aliphatic rings. The zero-order valence-corrected chi connectivity index (χ0v) is 14.4. The molecule has 0 fully saturated rings. The molecule has 1 aromatic heterocycles. The van der Waals surface area contributed by atoms with Gasteiger partial charge in [-0.2, -0.15) is 0 Å². The van der Waals surface area contributed by atoms with E-state index in [2.05, 4.69) is 11.1 Å². The van der Waals surface area contributed by atoms with Crippen molar-refractivity contribution in [3.8, 4) is 5.75 Å². The maximum Gasteiger partial charge on any atom is 0.311 e. The lowest BCUT2D eigenvalue weighted by atomic mass is 10.2. The molecule has 5 nitrogen and oxygen atoms in total. The second-order valence-electron chi connectivity index (χ2n) is 5.65. The zero-order valence-electron chi connectivity index (χ0n) is 13.6. The van der Waals surface area contributed by atoms with Crippen LogP contribution in [-0.2, 0) is 11.2 Å². The molecule has 128 valence electrons. The Morgan fingerprint density at radius 3 is 2.72 bits per heavy atom. The third-order valence-electron chi connectivity index (χ3n) is 3.71. The van der Waals surface area contributed by atoms with Gasteiger partial charge in [0.15, 0.2) is 0 Å². The van der Waals surface area contributed by atoms with Crippen LogP contribution in [0.1, 0.15) is 34.6 Å². The van der Waals surface area contributed by atoms with Crippen LogP contribution in [0.2, 0.25) is 0 Å². The summed E-state index contributed by atoms with van der Waals surface area (Å²) in [6, 6.07) is 14.4. The molecule has 2 N–H and O–H groups in total. The summed E-state index contributed by atoms with van der Waals surface area (Å²) < 4.78 is 6.43. The maximum absolute atomic E-state index is 11.9. The van der Waals surface area contributed by atoms with Crippen molar-refractivity contribution in [3.05, 3.63) is 59.1 Å². The molecule has 0 radical (unpaired) electrons. The summed E-state index contributed by atoms with van der Waals surface area (Å²) in [6.45, 7) is 0. The lowest BCUT2D eigenvalue weighted by Gasteiger charge is -2.05. The van der Waals surface area contributed by atoms with Gasteiger partial charge in [-0.1, -0.05) is 18.2 Å². The van der Waals surface area contributed by atoms with E-state index in [1.165, 1.54) is 10.8 Å². The van der Waals surface area contributed by atoms with Crippen molar-refractivity contribution in [2.45, 2.75) is 25.7 Å². The minimum Gasteiger partial charge on any atom is -0.427 e. The second kappa shape index (κ2) is 7.90. The number of nitrogens with zero attached hydrogens (tertiary/aromatic N) is 1. The molecule has 0 atom stereocenters. The van der Waals surface area contributed by atoms with Gasteiger partial charge in [0.05, 0.1) is 15.2 Å². The Hall–Kier alpha value is -2.73. The van der Waals surface area contributed by atoms with E-state index in [-0.39, 0.29) is 5.97 Å². The van der Waals surface area contributed by atoms with Gasteiger partial charge in [-0.3, -0.25) is 9.59 Å². The molecular formula is C19H18N2O3S. The molecule has 0 unspecified atom stereocenters. The number of rotatable bonds is 7. The molecule has 0 spiro atoms. The molecule has 1 amide bonds. The molecular weight excluding hydrogens is 336 g/mol. The highest BCUT2D eigenvalue weighted by Gasteiger charge is 2.08. The third-order valence-corrected chi connectivity index (χ3v) is 4.81. The van der Waals surface area contributed by atoms with Crippen LogP contribution < -0.4 is 10.5 Å². The van der Waals surface area contributed by atoms with Crippen LogP contribution in [0.5, 0.6) is 5.75 Å². The number of carbonyl (C=O) groups is 2. The summed E-state index contributed by atoms with van der Waals surface area (Å²) in [5.74, 6) is -0.521. The van der Waals surface area contributed by atoms with E-state index in [0.29, 0.717) is 17.7 Å². The maximum atomic E-state index is 11.9. The molecule has 0 bridgehead atoms. The quantitative estimate of drug-likeness (QED) is 0.398. The Morgan fingerprint density at radius 2 is 1.92 bits per heavy atom. The first-order valence-corrected chi connectivity index (χ1v) is 8.88. The van der Waals surface area contributed by atoms with Crippen LogP contribution in [0.4, 0.5) is 0 Å². The van der Waals surface area contributed by atoms with Crippen LogP contribution >= 0.6 is 11.3 Å². The topological polar surface area (TPSA) is 82.3 Å². The van der Waals surface area contributed by atoms with Crippen LogP contribution in [-0.4, -0.2) is 16.9 Å². The molecule has 0 aliphatic carbocycles. The van der Waals surface area contributed by atoms with Crippen molar-refractivity contribution in [2.24, 2.45) is 5.73 Å². The number of benzene rings is 2. The standard InChI is InChI=1S/C19H18N2O3S/c20-19(23)13-6-5-7-14(12-13)24-18(22)11-4-3-10-17-21-15-8-1-2-9-16(15)25-17/h1-2,5-9,12H,3-4,10-11H2,(H2,20,23). The van der Waals surface area contributed by atoms with Crippen molar-refractivity contribution in [1.82, 2.24) is 4.98 Å². The number of ether oxygens (including phenoxy) is 1. The number of amides is 1. The fourth-order valence-electron chi connectivity index (χ4n) is 2.47. The van der Waals surface area contributed by atoms with Crippen molar-refractivity contribution >= 4 is 33.4 Å². The first-order chi connectivity index (χ1) is 12.1. The van der Waals surface area contributed by atoms with E-state index >= 15 is 0 Å². The molecule has 0 saturated heterocycles. The van der Waals surface area contributed by atoms with E-state index in [0.717, 1.165) is 29.8 Å². The monoisotopic (exact) mass is 354 g/mol. The Balaban J connectivity index is 1.45. The molecule has 6 heteroatoms. The minimum atomic E-state index is -0.547. The van der Waals surface area contributed by atoms with Crippen molar-refractivity contribution in [1.29, 1.82) is 0 Å². The summed E-state index contributed by atoms with van der Waals surface area (Å²) in [5, 5.41) is 1.09. The Morgan fingerprint density at radius 1 is 1.08 bits per heavy atom. The molecule has 2 aromatic carbocycles. The van der Waals surface area contributed by atoms with Gasteiger partial charge in [-0.15, -0.1) is 11.3 Å². The fraction of sp³-hybridized carbons (Fsp3) is 0.211. The molecule has 0 saturated carbocycles. The number of unbranched alkanes of at least 4 members (excludes halogenated alkanes) is 1. The normalized spacial score (nSPS) is 10.7. The molecule has 0 aliphatic heterocycles. The van der Waals surface area contributed by atoms with Gasteiger partial charge in [-0.25, -0.2) is 4.98 Å². The average Bonchev–Trinajstić information content (AvgIpc) is 3.02. The van der Waals surface area contributed by atoms with Crippen molar-refractivity contribution in [2.75, 3.05) is 0 Å². The van der Waals surface area contributed by atoms with Gasteiger partial charge in [0.2, 0.25) is 5.91 Å². The van der Waals surface area contributed by atoms with E-state index in [4.69, 9.17) is 10.5 Å². The predicted octanol–water partition coefficient (Wildman–Crippen LogP) is 3.71. The number of fused-ring (bicyclic) bond motifs is 1. The second-order valence-corrected chi connectivity index (χ2v) is 6.76. The third kappa shape index (κ3) is 4.64.